The van der Waals surface area contributed by atoms with Crippen LogP contribution in [0.25, 0.3) is 0 Å². The summed E-state index contributed by atoms with van der Waals surface area (Å²) >= 11 is 5.88. The molecule has 22 heavy (non-hydrogen) atoms. The summed E-state index contributed by atoms with van der Waals surface area (Å²) in [5, 5.41) is 15.9. The predicted molar refractivity (Wildman–Crippen MR) is 87.0 cm³/mol. The largest absolute Gasteiger partial charge is 0.508 e. The van der Waals surface area contributed by atoms with Crippen molar-refractivity contribution in [3.63, 3.8) is 0 Å². The third kappa shape index (κ3) is 4.44. The molecule has 0 saturated heterocycles. The number of halogens is 1. The highest BCUT2D eigenvalue weighted by molar-refractivity contribution is 6.30. The first-order valence-corrected chi connectivity index (χ1v) is 7.28. The number of nitrogens with one attached hydrogen (secondary N) is 2. The van der Waals surface area contributed by atoms with Crippen LogP contribution in [-0.2, 0) is 11.3 Å². The number of aromatic hydroxyl groups is 1. The summed E-state index contributed by atoms with van der Waals surface area (Å²) in [4.78, 5) is 16.3. The van der Waals surface area contributed by atoms with Crippen LogP contribution in [0, 0.1) is 6.92 Å². The van der Waals surface area contributed by atoms with Gasteiger partial charge in [0, 0.05) is 17.8 Å². The fourth-order valence-corrected chi connectivity index (χ4v) is 2.21. The number of amides is 1. The molecule has 5 nitrogen and oxygen atoms in total. The van der Waals surface area contributed by atoms with Crippen molar-refractivity contribution in [3.8, 4) is 5.75 Å². The zero-order valence-corrected chi connectivity index (χ0v) is 13.2. The molecule has 6 heteroatoms. The molecule has 116 valence electrons. The second-order valence-corrected chi connectivity index (χ2v) is 5.48. The summed E-state index contributed by atoms with van der Waals surface area (Å²) in [6, 6.07) is 7.99. The van der Waals surface area contributed by atoms with Crippen LogP contribution in [0.3, 0.4) is 0 Å². The molecule has 2 aromatic rings. The Morgan fingerprint density at radius 2 is 2.18 bits per heavy atom. The molecular formula is C16H18ClN3O2. The van der Waals surface area contributed by atoms with Gasteiger partial charge in [0.05, 0.1) is 17.4 Å². The van der Waals surface area contributed by atoms with E-state index in [9.17, 15) is 9.90 Å². The second-order valence-electron chi connectivity index (χ2n) is 5.05. The summed E-state index contributed by atoms with van der Waals surface area (Å²) in [6.07, 6.45) is 1.68. The van der Waals surface area contributed by atoms with E-state index < -0.39 is 6.04 Å². The Bertz CT molecular complexity index is 656. The van der Waals surface area contributed by atoms with Crippen LogP contribution < -0.4 is 10.6 Å². The summed E-state index contributed by atoms with van der Waals surface area (Å²) in [6.45, 7) is 4.03. The molecule has 1 amide bonds. The number of hydrogen-bond acceptors (Lipinski definition) is 4. The van der Waals surface area contributed by atoms with E-state index in [1.54, 1.807) is 31.3 Å². The molecule has 0 fully saturated rings. The van der Waals surface area contributed by atoms with Crippen molar-refractivity contribution in [3.05, 3.63) is 52.8 Å². The van der Waals surface area contributed by atoms with Crippen LogP contribution >= 0.6 is 11.6 Å². The molecular weight excluding hydrogens is 302 g/mol. The average molecular weight is 320 g/mol. The molecule has 0 saturated carbocycles. The average Bonchev–Trinajstić information content (AvgIpc) is 2.46. The van der Waals surface area contributed by atoms with Crippen molar-refractivity contribution < 1.29 is 9.90 Å². The van der Waals surface area contributed by atoms with Gasteiger partial charge in [0.2, 0.25) is 5.91 Å². The first kappa shape index (κ1) is 16.3. The number of pyridine rings is 1. The van der Waals surface area contributed by atoms with Gasteiger partial charge in [-0.05, 0) is 49.7 Å². The van der Waals surface area contributed by atoms with E-state index in [2.05, 4.69) is 15.6 Å². The van der Waals surface area contributed by atoms with E-state index >= 15 is 0 Å². The van der Waals surface area contributed by atoms with E-state index in [1.807, 2.05) is 13.0 Å². The van der Waals surface area contributed by atoms with Crippen LogP contribution in [-0.4, -0.2) is 22.0 Å². The summed E-state index contributed by atoms with van der Waals surface area (Å²) in [5.74, 6) is -0.0465. The Labute approximate surface area is 134 Å². The van der Waals surface area contributed by atoms with Crippen molar-refractivity contribution in [2.24, 2.45) is 0 Å². The SMILES string of the molecule is Cc1ncccc1NC(=O)[C@H](C)NCc1cc(O)cc(Cl)c1. The van der Waals surface area contributed by atoms with Gasteiger partial charge in [0.25, 0.3) is 0 Å². The quantitative estimate of drug-likeness (QED) is 0.792. The molecule has 0 unspecified atom stereocenters. The van der Waals surface area contributed by atoms with Crippen molar-refractivity contribution in [2.75, 3.05) is 5.32 Å². The first-order valence-electron chi connectivity index (χ1n) is 6.90. The highest BCUT2D eigenvalue weighted by atomic mass is 35.5. The fraction of sp³-hybridized carbons (Fsp3) is 0.250. The Morgan fingerprint density at radius 1 is 1.41 bits per heavy atom. The molecule has 0 spiro atoms. The summed E-state index contributed by atoms with van der Waals surface area (Å²) < 4.78 is 0. The lowest BCUT2D eigenvalue weighted by molar-refractivity contribution is -0.117. The van der Waals surface area contributed by atoms with Gasteiger partial charge in [-0.15, -0.1) is 0 Å². The van der Waals surface area contributed by atoms with E-state index in [0.29, 0.717) is 17.3 Å². The van der Waals surface area contributed by atoms with Gasteiger partial charge in [-0.25, -0.2) is 0 Å². The smallest absolute Gasteiger partial charge is 0.241 e. The van der Waals surface area contributed by atoms with Gasteiger partial charge in [-0.3, -0.25) is 9.78 Å². The number of rotatable bonds is 5. The standard InChI is InChI=1S/C16H18ClN3O2/c1-10-15(4-3-5-18-10)20-16(22)11(2)19-9-12-6-13(17)8-14(21)7-12/h3-8,11,19,21H,9H2,1-2H3,(H,20,22)/t11-/m0/s1. The number of phenolic OH excluding ortho intramolecular Hbond substituents is 1. The van der Waals surface area contributed by atoms with Gasteiger partial charge >= 0.3 is 0 Å². The van der Waals surface area contributed by atoms with Gasteiger partial charge in [0.1, 0.15) is 5.75 Å². The van der Waals surface area contributed by atoms with Crippen molar-refractivity contribution in [1.82, 2.24) is 10.3 Å². The van der Waals surface area contributed by atoms with Gasteiger partial charge < -0.3 is 15.7 Å². The number of benzene rings is 1. The minimum Gasteiger partial charge on any atom is -0.508 e. The van der Waals surface area contributed by atoms with Gasteiger partial charge in [-0.2, -0.15) is 0 Å². The van der Waals surface area contributed by atoms with Crippen LogP contribution in [0.2, 0.25) is 5.02 Å². The number of carbonyl (C=O) groups excluding carboxylic acids is 1. The van der Waals surface area contributed by atoms with Gasteiger partial charge in [0.15, 0.2) is 0 Å². The number of hydrogen-bond donors (Lipinski definition) is 3. The predicted octanol–water partition coefficient (Wildman–Crippen LogP) is 2.87. The summed E-state index contributed by atoms with van der Waals surface area (Å²) in [7, 11) is 0. The van der Waals surface area contributed by atoms with Crippen molar-refractivity contribution >= 4 is 23.2 Å². The number of aryl methyl sites for hydroxylation is 1. The highest BCUT2D eigenvalue weighted by Crippen LogP contribution is 2.19. The molecule has 1 aromatic carbocycles. The lowest BCUT2D eigenvalue weighted by Gasteiger charge is -2.15. The molecule has 1 heterocycles. The van der Waals surface area contributed by atoms with Crippen LogP contribution in [0.5, 0.6) is 5.75 Å². The number of carbonyl (C=O) groups is 1. The molecule has 1 aromatic heterocycles. The maximum Gasteiger partial charge on any atom is 0.241 e. The van der Waals surface area contributed by atoms with E-state index in [-0.39, 0.29) is 11.7 Å². The Kier molecular flexibility index (Phi) is 5.35. The van der Waals surface area contributed by atoms with E-state index in [4.69, 9.17) is 11.6 Å². The Balaban J connectivity index is 1.93. The normalized spacial score (nSPS) is 12.0. The van der Waals surface area contributed by atoms with E-state index in [1.165, 1.54) is 6.07 Å². The number of nitrogens with zero attached hydrogens (tertiary/aromatic N) is 1. The minimum absolute atomic E-state index is 0.104. The molecule has 0 radical (unpaired) electrons. The molecule has 0 aliphatic heterocycles. The topological polar surface area (TPSA) is 74.2 Å². The zero-order valence-electron chi connectivity index (χ0n) is 12.4. The monoisotopic (exact) mass is 319 g/mol. The third-order valence-corrected chi connectivity index (χ3v) is 3.43. The molecule has 0 aliphatic carbocycles. The minimum atomic E-state index is -0.402. The molecule has 0 bridgehead atoms. The first-order chi connectivity index (χ1) is 10.5. The van der Waals surface area contributed by atoms with Crippen LogP contribution in [0.4, 0.5) is 5.69 Å². The Morgan fingerprint density at radius 3 is 2.86 bits per heavy atom. The second kappa shape index (κ2) is 7.24. The van der Waals surface area contributed by atoms with E-state index in [0.717, 1.165) is 11.3 Å². The molecule has 0 aliphatic rings. The van der Waals surface area contributed by atoms with Crippen LogP contribution in [0.1, 0.15) is 18.2 Å². The maximum atomic E-state index is 12.1. The lowest BCUT2D eigenvalue weighted by atomic mass is 10.2. The third-order valence-electron chi connectivity index (χ3n) is 3.21. The van der Waals surface area contributed by atoms with Crippen LogP contribution in [0.15, 0.2) is 36.5 Å². The number of phenols is 1. The maximum absolute atomic E-state index is 12.1. The zero-order chi connectivity index (χ0) is 16.1. The number of aromatic nitrogens is 1. The fourth-order valence-electron chi connectivity index (χ4n) is 1.96. The van der Waals surface area contributed by atoms with Crippen molar-refractivity contribution in [2.45, 2.75) is 26.4 Å². The number of anilines is 1. The summed E-state index contributed by atoms with van der Waals surface area (Å²) in [5.41, 5.74) is 2.27. The lowest BCUT2D eigenvalue weighted by Crippen LogP contribution is -2.37. The van der Waals surface area contributed by atoms with Crippen molar-refractivity contribution in [1.29, 1.82) is 0 Å². The Hall–Kier alpha value is -2.11. The molecule has 2 rings (SSSR count). The molecule has 1 atom stereocenters. The highest BCUT2D eigenvalue weighted by Gasteiger charge is 2.13. The van der Waals surface area contributed by atoms with Gasteiger partial charge in [-0.1, -0.05) is 11.6 Å². The molecule has 3 N–H and O–H groups in total.